The number of nitrogens with zero attached hydrogens (tertiary/aromatic N) is 4. The highest BCUT2D eigenvalue weighted by molar-refractivity contribution is 6.04. The zero-order valence-corrected chi connectivity index (χ0v) is 28.6. The predicted molar refractivity (Wildman–Crippen MR) is 216 cm³/mol. The highest BCUT2D eigenvalue weighted by atomic mass is 14.8. The molecule has 1 aliphatic carbocycles. The number of hydrogen-bond donors (Lipinski definition) is 0. The van der Waals surface area contributed by atoms with E-state index in [-0.39, 0.29) is 0 Å². The van der Waals surface area contributed by atoms with Crippen molar-refractivity contribution in [2.75, 3.05) is 0 Å². The maximum Gasteiger partial charge on any atom is 0.0972 e. The van der Waals surface area contributed by atoms with Crippen LogP contribution in [-0.4, -0.2) is 19.9 Å². The molecule has 4 nitrogen and oxygen atoms in total. The van der Waals surface area contributed by atoms with Gasteiger partial charge in [0.05, 0.1) is 38.9 Å². The summed E-state index contributed by atoms with van der Waals surface area (Å²) >= 11 is 0. The molecule has 53 heavy (non-hydrogen) atoms. The van der Waals surface area contributed by atoms with Crippen molar-refractivity contribution in [3.8, 4) is 33.5 Å². The molecule has 0 bridgehead atoms. The first-order valence-electron chi connectivity index (χ1n) is 18.0. The molecule has 0 saturated heterocycles. The Bertz CT molecular complexity index is 3030. The van der Waals surface area contributed by atoms with E-state index in [1.54, 1.807) is 0 Å². The lowest BCUT2D eigenvalue weighted by atomic mass is 9.69. The van der Waals surface area contributed by atoms with Crippen LogP contribution in [0.3, 0.4) is 0 Å². The molecule has 0 spiro atoms. The Kier molecular flexibility index (Phi) is 6.43. The molecule has 4 aromatic heterocycles. The van der Waals surface area contributed by atoms with Crippen LogP contribution in [0, 0.1) is 0 Å². The zero-order chi connectivity index (χ0) is 34.9. The predicted octanol–water partition coefficient (Wildman–Crippen LogP) is 11.6. The molecule has 0 unspecified atom stereocenters. The summed E-state index contributed by atoms with van der Waals surface area (Å²) in [5.41, 5.74) is 14.4. The van der Waals surface area contributed by atoms with Gasteiger partial charge in [-0.15, -0.1) is 0 Å². The van der Waals surface area contributed by atoms with E-state index in [1.165, 1.54) is 27.8 Å². The fourth-order valence-corrected chi connectivity index (χ4v) is 8.56. The van der Waals surface area contributed by atoms with Crippen molar-refractivity contribution in [1.82, 2.24) is 19.9 Å². The number of benzene rings is 6. The fourth-order valence-electron chi connectivity index (χ4n) is 8.56. The van der Waals surface area contributed by atoms with E-state index in [4.69, 9.17) is 15.0 Å². The second-order valence-corrected chi connectivity index (χ2v) is 13.8. The van der Waals surface area contributed by atoms with Gasteiger partial charge in [0, 0.05) is 39.5 Å². The summed E-state index contributed by atoms with van der Waals surface area (Å²) in [6.07, 6.45) is 3.69. The van der Waals surface area contributed by atoms with Crippen LogP contribution in [0.2, 0.25) is 0 Å². The van der Waals surface area contributed by atoms with E-state index < -0.39 is 5.41 Å². The molecule has 0 N–H and O–H groups in total. The van der Waals surface area contributed by atoms with Crippen LogP contribution in [0.4, 0.5) is 0 Å². The molecule has 1 aliphatic rings. The SMILES string of the molecule is c1cc(-c2ccc(C3(c4ccc5ccc6cccnc6c5n4)c4ccccc4-c4ccccc43)cc2)cc(-c2ccc3ccc4cccnc4c3n2)c1. The molecule has 0 amide bonds. The van der Waals surface area contributed by atoms with Crippen LogP contribution in [0.5, 0.6) is 0 Å². The Morgan fingerprint density at radius 2 is 0.906 bits per heavy atom. The minimum absolute atomic E-state index is 0.621. The van der Waals surface area contributed by atoms with Gasteiger partial charge in [-0.25, -0.2) is 9.97 Å². The number of hydrogen-bond acceptors (Lipinski definition) is 4. The number of rotatable bonds is 4. The van der Waals surface area contributed by atoms with Crippen LogP contribution in [0.1, 0.15) is 22.4 Å². The zero-order valence-electron chi connectivity index (χ0n) is 28.6. The number of fused-ring (bicyclic) bond motifs is 9. The summed E-state index contributed by atoms with van der Waals surface area (Å²) in [6, 6.07) is 60.7. The Balaban J connectivity index is 1.07. The van der Waals surface area contributed by atoms with E-state index >= 15 is 0 Å². The molecule has 11 rings (SSSR count). The van der Waals surface area contributed by atoms with Crippen molar-refractivity contribution in [2.24, 2.45) is 0 Å². The highest BCUT2D eigenvalue weighted by Gasteiger charge is 2.47. The standard InChI is InChI=1S/C49H30N4/c1-3-14-41-39(12-1)40-13-2-4-15-42(40)49(41,44-27-23-35-19-17-33-11-7-29-51-46(33)48(35)53-44)38-24-20-31(21-25-38)36-8-5-9-37(30-36)43-26-22-34-18-16-32-10-6-28-50-45(32)47(34)52-43/h1-30H. The van der Waals surface area contributed by atoms with Gasteiger partial charge in [0.1, 0.15) is 0 Å². The fraction of sp³-hybridized carbons (Fsp3) is 0.0204. The van der Waals surface area contributed by atoms with E-state index in [2.05, 4.69) is 163 Å². The van der Waals surface area contributed by atoms with Gasteiger partial charge in [0.2, 0.25) is 0 Å². The van der Waals surface area contributed by atoms with E-state index in [0.29, 0.717) is 0 Å². The minimum Gasteiger partial charge on any atom is -0.254 e. The van der Waals surface area contributed by atoms with Crippen molar-refractivity contribution in [2.45, 2.75) is 5.41 Å². The van der Waals surface area contributed by atoms with Gasteiger partial charge in [-0.2, -0.15) is 0 Å². The van der Waals surface area contributed by atoms with Crippen molar-refractivity contribution in [3.05, 3.63) is 205 Å². The van der Waals surface area contributed by atoms with Crippen LogP contribution in [0.15, 0.2) is 182 Å². The van der Waals surface area contributed by atoms with Gasteiger partial charge in [-0.3, -0.25) is 9.97 Å². The Morgan fingerprint density at radius 3 is 1.57 bits per heavy atom. The smallest absolute Gasteiger partial charge is 0.0972 e. The summed E-state index contributed by atoms with van der Waals surface area (Å²) in [5.74, 6) is 0. The van der Waals surface area contributed by atoms with E-state index in [1.807, 2.05) is 24.5 Å². The Labute approximate surface area is 306 Å². The van der Waals surface area contributed by atoms with Crippen LogP contribution >= 0.6 is 0 Å². The normalized spacial score (nSPS) is 13.1. The average Bonchev–Trinajstić information content (AvgIpc) is 3.54. The molecule has 246 valence electrons. The summed E-state index contributed by atoms with van der Waals surface area (Å²) in [7, 11) is 0. The molecule has 4 heteroatoms. The molecule has 10 aromatic rings. The molecular weight excluding hydrogens is 645 g/mol. The molecule has 0 fully saturated rings. The quantitative estimate of drug-likeness (QED) is 0.174. The topological polar surface area (TPSA) is 51.6 Å². The summed E-state index contributed by atoms with van der Waals surface area (Å²) in [6.45, 7) is 0. The van der Waals surface area contributed by atoms with Gasteiger partial charge < -0.3 is 0 Å². The Hall–Kier alpha value is -7.04. The first-order chi connectivity index (χ1) is 26.3. The van der Waals surface area contributed by atoms with E-state index in [0.717, 1.165) is 71.7 Å². The molecule has 4 heterocycles. The van der Waals surface area contributed by atoms with Crippen molar-refractivity contribution >= 4 is 43.6 Å². The molecular formula is C49H30N4. The third-order valence-electron chi connectivity index (χ3n) is 11.0. The van der Waals surface area contributed by atoms with Gasteiger partial charge in [-0.1, -0.05) is 140 Å². The molecule has 0 aliphatic heterocycles. The number of aromatic nitrogens is 4. The molecule has 0 radical (unpaired) electrons. The first-order valence-corrected chi connectivity index (χ1v) is 18.0. The lowest BCUT2D eigenvalue weighted by molar-refractivity contribution is 0.740. The summed E-state index contributed by atoms with van der Waals surface area (Å²) < 4.78 is 0. The van der Waals surface area contributed by atoms with Gasteiger partial charge >= 0.3 is 0 Å². The molecule has 0 atom stereocenters. The second-order valence-electron chi connectivity index (χ2n) is 13.8. The molecule has 6 aromatic carbocycles. The molecule has 0 saturated carbocycles. The number of pyridine rings is 4. The van der Waals surface area contributed by atoms with Crippen LogP contribution in [-0.2, 0) is 5.41 Å². The third kappa shape index (κ3) is 4.42. The Morgan fingerprint density at radius 1 is 0.358 bits per heavy atom. The second kappa shape index (κ2) is 11.5. The first kappa shape index (κ1) is 29.7. The van der Waals surface area contributed by atoms with Crippen molar-refractivity contribution < 1.29 is 0 Å². The van der Waals surface area contributed by atoms with Crippen LogP contribution < -0.4 is 0 Å². The lowest BCUT2D eigenvalue weighted by Gasteiger charge is -2.33. The largest absolute Gasteiger partial charge is 0.254 e. The van der Waals surface area contributed by atoms with Crippen molar-refractivity contribution in [3.63, 3.8) is 0 Å². The maximum absolute atomic E-state index is 5.52. The summed E-state index contributed by atoms with van der Waals surface area (Å²) in [5, 5.41) is 4.34. The average molecular weight is 675 g/mol. The van der Waals surface area contributed by atoms with E-state index in [9.17, 15) is 0 Å². The lowest BCUT2D eigenvalue weighted by Crippen LogP contribution is -2.29. The van der Waals surface area contributed by atoms with Gasteiger partial charge in [-0.05, 0) is 69.3 Å². The monoisotopic (exact) mass is 674 g/mol. The van der Waals surface area contributed by atoms with Crippen LogP contribution in [0.25, 0.3) is 77.1 Å². The summed E-state index contributed by atoms with van der Waals surface area (Å²) in [4.78, 5) is 20.1. The van der Waals surface area contributed by atoms with Gasteiger partial charge in [0.25, 0.3) is 0 Å². The highest BCUT2D eigenvalue weighted by Crippen LogP contribution is 2.56. The van der Waals surface area contributed by atoms with Gasteiger partial charge in [0.15, 0.2) is 0 Å². The minimum atomic E-state index is -0.621. The van der Waals surface area contributed by atoms with Crippen molar-refractivity contribution in [1.29, 1.82) is 0 Å². The third-order valence-corrected chi connectivity index (χ3v) is 11.0. The maximum atomic E-state index is 5.52.